The summed E-state index contributed by atoms with van der Waals surface area (Å²) >= 11 is 0. The molecule has 0 atom stereocenters. The normalized spacial score (nSPS) is 14.5. The second-order valence-electron chi connectivity index (χ2n) is 3.87. The third kappa shape index (κ3) is 2.53. The van der Waals surface area contributed by atoms with Gasteiger partial charge in [-0.15, -0.1) is 0 Å². The quantitative estimate of drug-likeness (QED) is 0.784. The molecule has 0 spiro atoms. The van der Waals surface area contributed by atoms with E-state index in [-0.39, 0.29) is 5.82 Å². The SMILES string of the molecule is Cc1ccc(NC2=C(C=O)C=CNC2)c(F)c1. The molecule has 4 heteroatoms. The number of rotatable bonds is 3. The van der Waals surface area contributed by atoms with E-state index >= 15 is 0 Å². The van der Waals surface area contributed by atoms with E-state index in [1.54, 1.807) is 18.3 Å². The van der Waals surface area contributed by atoms with Gasteiger partial charge in [-0.3, -0.25) is 4.79 Å². The lowest BCUT2D eigenvalue weighted by Crippen LogP contribution is -2.21. The van der Waals surface area contributed by atoms with Crippen molar-refractivity contribution < 1.29 is 9.18 Å². The Balaban J connectivity index is 2.28. The maximum atomic E-state index is 13.6. The van der Waals surface area contributed by atoms with E-state index < -0.39 is 0 Å². The molecule has 17 heavy (non-hydrogen) atoms. The van der Waals surface area contributed by atoms with Crippen LogP contribution in [0, 0.1) is 12.7 Å². The number of halogens is 1. The van der Waals surface area contributed by atoms with Crippen molar-refractivity contribution in [2.24, 2.45) is 0 Å². The molecule has 2 N–H and O–H groups in total. The Labute approximate surface area is 99.0 Å². The number of allylic oxidation sites excluding steroid dienone is 2. The van der Waals surface area contributed by atoms with Gasteiger partial charge in [0.1, 0.15) is 5.82 Å². The van der Waals surface area contributed by atoms with E-state index in [0.717, 1.165) is 11.8 Å². The Kier molecular flexibility index (Phi) is 3.23. The molecule has 1 heterocycles. The van der Waals surface area contributed by atoms with Gasteiger partial charge in [-0.25, -0.2) is 4.39 Å². The van der Waals surface area contributed by atoms with Crippen LogP contribution in [0.3, 0.4) is 0 Å². The van der Waals surface area contributed by atoms with Crippen LogP contribution >= 0.6 is 0 Å². The summed E-state index contributed by atoms with van der Waals surface area (Å²) in [5.41, 5.74) is 2.44. The summed E-state index contributed by atoms with van der Waals surface area (Å²) in [4.78, 5) is 10.8. The monoisotopic (exact) mass is 232 g/mol. The minimum atomic E-state index is -0.322. The summed E-state index contributed by atoms with van der Waals surface area (Å²) in [7, 11) is 0. The number of anilines is 1. The molecular formula is C13H13FN2O. The molecule has 0 radical (unpaired) electrons. The largest absolute Gasteiger partial charge is 0.385 e. The van der Waals surface area contributed by atoms with Crippen LogP contribution in [0.4, 0.5) is 10.1 Å². The predicted octanol–water partition coefficient (Wildman–Crippen LogP) is 2.12. The first-order valence-corrected chi connectivity index (χ1v) is 5.32. The highest BCUT2D eigenvalue weighted by atomic mass is 19.1. The third-order valence-corrected chi connectivity index (χ3v) is 2.55. The molecule has 1 aliphatic rings. The van der Waals surface area contributed by atoms with Crippen LogP contribution in [-0.2, 0) is 4.79 Å². The summed E-state index contributed by atoms with van der Waals surface area (Å²) in [5, 5.41) is 5.90. The van der Waals surface area contributed by atoms with Gasteiger partial charge in [0.2, 0.25) is 0 Å². The Morgan fingerprint density at radius 3 is 3.00 bits per heavy atom. The number of dihydropyridines is 1. The smallest absolute Gasteiger partial charge is 0.151 e. The Bertz CT molecular complexity index is 506. The average molecular weight is 232 g/mol. The Morgan fingerprint density at radius 1 is 1.47 bits per heavy atom. The van der Waals surface area contributed by atoms with Crippen molar-refractivity contribution in [1.82, 2.24) is 5.32 Å². The minimum Gasteiger partial charge on any atom is -0.385 e. The molecule has 0 aliphatic carbocycles. The van der Waals surface area contributed by atoms with Crippen LogP contribution in [-0.4, -0.2) is 12.8 Å². The molecule has 1 aromatic carbocycles. The molecule has 2 rings (SSSR count). The van der Waals surface area contributed by atoms with Gasteiger partial charge in [-0.2, -0.15) is 0 Å². The highest BCUT2D eigenvalue weighted by Crippen LogP contribution is 2.19. The van der Waals surface area contributed by atoms with Crippen molar-refractivity contribution in [3.05, 3.63) is 53.1 Å². The number of nitrogens with one attached hydrogen (secondary N) is 2. The Hall–Kier alpha value is -2.10. The van der Waals surface area contributed by atoms with Crippen LogP contribution < -0.4 is 10.6 Å². The molecule has 1 aromatic rings. The van der Waals surface area contributed by atoms with Gasteiger partial charge in [0.15, 0.2) is 6.29 Å². The van der Waals surface area contributed by atoms with Crippen molar-refractivity contribution in [3.63, 3.8) is 0 Å². The lowest BCUT2D eigenvalue weighted by atomic mass is 10.1. The molecule has 88 valence electrons. The zero-order chi connectivity index (χ0) is 12.3. The molecule has 0 saturated carbocycles. The molecule has 3 nitrogen and oxygen atoms in total. The first kappa shape index (κ1) is 11.4. The topological polar surface area (TPSA) is 41.1 Å². The van der Waals surface area contributed by atoms with Crippen LogP contribution in [0.2, 0.25) is 0 Å². The second-order valence-corrected chi connectivity index (χ2v) is 3.87. The molecule has 0 unspecified atom stereocenters. The van der Waals surface area contributed by atoms with Crippen LogP contribution in [0.5, 0.6) is 0 Å². The molecule has 0 aromatic heterocycles. The lowest BCUT2D eigenvalue weighted by molar-refractivity contribution is -0.104. The fourth-order valence-corrected chi connectivity index (χ4v) is 1.62. The lowest BCUT2D eigenvalue weighted by Gasteiger charge is -2.16. The summed E-state index contributed by atoms with van der Waals surface area (Å²) in [6, 6.07) is 4.94. The maximum Gasteiger partial charge on any atom is 0.151 e. The van der Waals surface area contributed by atoms with Crippen LogP contribution in [0.15, 0.2) is 41.7 Å². The minimum absolute atomic E-state index is 0.322. The highest BCUT2D eigenvalue weighted by molar-refractivity contribution is 5.80. The number of hydrogen-bond donors (Lipinski definition) is 2. The summed E-state index contributed by atoms with van der Waals surface area (Å²) < 4.78 is 13.6. The van der Waals surface area contributed by atoms with E-state index in [2.05, 4.69) is 10.6 Å². The molecule has 0 amide bonds. The summed E-state index contributed by atoms with van der Waals surface area (Å²) in [6.45, 7) is 2.31. The molecule has 0 saturated heterocycles. The average Bonchev–Trinajstić information content (AvgIpc) is 2.33. The number of benzene rings is 1. The molecule has 1 aliphatic heterocycles. The highest BCUT2D eigenvalue weighted by Gasteiger charge is 2.10. The number of aryl methyl sites for hydroxylation is 1. The van der Waals surface area contributed by atoms with Crippen molar-refractivity contribution in [1.29, 1.82) is 0 Å². The van der Waals surface area contributed by atoms with E-state index in [1.165, 1.54) is 6.07 Å². The van der Waals surface area contributed by atoms with Gasteiger partial charge >= 0.3 is 0 Å². The van der Waals surface area contributed by atoms with Gasteiger partial charge in [-0.1, -0.05) is 6.07 Å². The Morgan fingerprint density at radius 2 is 2.29 bits per heavy atom. The van der Waals surface area contributed by atoms with E-state index in [9.17, 15) is 9.18 Å². The predicted molar refractivity (Wildman–Crippen MR) is 65.0 cm³/mol. The fourth-order valence-electron chi connectivity index (χ4n) is 1.62. The summed E-state index contributed by atoms with van der Waals surface area (Å²) in [6.07, 6.45) is 4.11. The van der Waals surface area contributed by atoms with Gasteiger partial charge in [0.05, 0.1) is 12.2 Å². The van der Waals surface area contributed by atoms with E-state index in [4.69, 9.17) is 0 Å². The standard InChI is InChI=1S/C13H13FN2O/c1-9-2-3-12(11(14)6-9)16-13-7-15-5-4-10(13)8-17/h2-6,8,15-16H,7H2,1H3. The van der Waals surface area contributed by atoms with Gasteiger partial charge in [0, 0.05) is 11.3 Å². The van der Waals surface area contributed by atoms with Gasteiger partial charge in [0.25, 0.3) is 0 Å². The molecule has 0 fully saturated rings. The third-order valence-electron chi connectivity index (χ3n) is 2.55. The molecule has 0 bridgehead atoms. The maximum absolute atomic E-state index is 13.6. The first-order chi connectivity index (χ1) is 8.20. The van der Waals surface area contributed by atoms with Gasteiger partial charge in [-0.05, 0) is 36.9 Å². The van der Waals surface area contributed by atoms with Crippen LogP contribution in [0.25, 0.3) is 0 Å². The van der Waals surface area contributed by atoms with Crippen molar-refractivity contribution in [2.75, 3.05) is 11.9 Å². The second kappa shape index (κ2) is 4.82. The van der Waals surface area contributed by atoms with Crippen molar-refractivity contribution in [3.8, 4) is 0 Å². The molecular weight excluding hydrogens is 219 g/mol. The van der Waals surface area contributed by atoms with Crippen molar-refractivity contribution in [2.45, 2.75) is 6.92 Å². The number of aldehydes is 1. The number of hydrogen-bond acceptors (Lipinski definition) is 3. The van der Waals surface area contributed by atoms with Crippen LogP contribution in [0.1, 0.15) is 5.56 Å². The number of carbonyl (C=O) groups is 1. The van der Waals surface area contributed by atoms with Crippen molar-refractivity contribution >= 4 is 12.0 Å². The summed E-state index contributed by atoms with van der Waals surface area (Å²) in [5.74, 6) is -0.322. The van der Waals surface area contributed by atoms with Gasteiger partial charge < -0.3 is 10.6 Å². The number of carbonyl (C=O) groups excluding carboxylic acids is 1. The zero-order valence-corrected chi connectivity index (χ0v) is 9.46. The zero-order valence-electron chi connectivity index (χ0n) is 9.46. The van der Waals surface area contributed by atoms with E-state index in [1.807, 2.05) is 13.0 Å². The first-order valence-electron chi connectivity index (χ1n) is 5.32. The van der Waals surface area contributed by atoms with E-state index in [0.29, 0.717) is 23.5 Å². The fraction of sp³-hybridized carbons (Fsp3) is 0.154.